The molecule has 0 fully saturated rings. The van der Waals surface area contributed by atoms with Crippen molar-refractivity contribution in [3.8, 4) is 0 Å². The van der Waals surface area contributed by atoms with Crippen molar-refractivity contribution in [3.63, 3.8) is 0 Å². The van der Waals surface area contributed by atoms with E-state index < -0.39 is 26.6 Å². The first-order chi connectivity index (χ1) is 11.8. The minimum absolute atomic E-state index is 0.0869. The highest BCUT2D eigenvalue weighted by Crippen LogP contribution is 2.30. The van der Waals surface area contributed by atoms with Crippen LogP contribution in [0.5, 0.6) is 0 Å². The summed E-state index contributed by atoms with van der Waals surface area (Å²) in [6, 6.07) is 7.00. The minimum Gasteiger partial charge on any atom is -0.312 e. The predicted octanol–water partition coefficient (Wildman–Crippen LogP) is 3.06. The number of hydrogen-bond donors (Lipinski definition) is 1. The fourth-order valence-corrected chi connectivity index (χ4v) is 4.02. The lowest BCUT2D eigenvalue weighted by Gasteiger charge is -2.29. The van der Waals surface area contributed by atoms with E-state index in [2.05, 4.69) is 4.72 Å². The van der Waals surface area contributed by atoms with Crippen LogP contribution in [0.2, 0.25) is 0 Å². The molecule has 0 bridgehead atoms. The second-order valence-electron chi connectivity index (χ2n) is 5.80. The van der Waals surface area contributed by atoms with Gasteiger partial charge in [-0.05, 0) is 54.8 Å². The maximum absolute atomic E-state index is 13.8. The molecule has 0 radical (unpaired) electrons. The van der Waals surface area contributed by atoms with Gasteiger partial charge >= 0.3 is 0 Å². The Morgan fingerprint density at radius 2 is 1.92 bits per heavy atom. The number of nitrogens with zero attached hydrogens (tertiary/aromatic N) is 1. The predicted molar refractivity (Wildman–Crippen MR) is 90.0 cm³/mol. The molecule has 0 unspecified atom stereocenters. The lowest BCUT2D eigenvalue weighted by molar-refractivity contribution is -0.116. The van der Waals surface area contributed by atoms with Gasteiger partial charge in [0.05, 0.1) is 0 Å². The van der Waals surface area contributed by atoms with E-state index in [4.69, 9.17) is 0 Å². The van der Waals surface area contributed by atoms with E-state index in [1.807, 2.05) is 0 Å². The molecule has 1 amide bonds. The Hall–Kier alpha value is -2.48. The van der Waals surface area contributed by atoms with E-state index in [0.717, 1.165) is 29.8 Å². The topological polar surface area (TPSA) is 66.5 Å². The number of benzene rings is 2. The van der Waals surface area contributed by atoms with Gasteiger partial charge in [0, 0.05) is 24.8 Å². The Morgan fingerprint density at radius 3 is 2.64 bits per heavy atom. The summed E-state index contributed by atoms with van der Waals surface area (Å²) in [6.07, 6.45) is 1.46. The number of hydrogen-bond acceptors (Lipinski definition) is 3. The summed E-state index contributed by atoms with van der Waals surface area (Å²) in [7, 11) is -4.27. The number of anilines is 2. The number of amides is 1. The SMILES string of the molecule is CC(=O)N1CCCc2cc(NS(=O)(=O)c3cc(F)ccc3F)ccc21. The molecule has 1 aliphatic heterocycles. The normalized spacial score (nSPS) is 14.1. The van der Waals surface area contributed by atoms with Crippen molar-refractivity contribution in [2.75, 3.05) is 16.2 Å². The number of rotatable bonds is 3. The summed E-state index contributed by atoms with van der Waals surface area (Å²) in [5.41, 5.74) is 1.79. The zero-order valence-electron chi connectivity index (χ0n) is 13.4. The third-order valence-corrected chi connectivity index (χ3v) is 5.41. The van der Waals surface area contributed by atoms with E-state index >= 15 is 0 Å². The molecule has 2 aromatic carbocycles. The first-order valence-electron chi connectivity index (χ1n) is 7.67. The van der Waals surface area contributed by atoms with Crippen molar-refractivity contribution in [1.29, 1.82) is 0 Å². The summed E-state index contributed by atoms with van der Waals surface area (Å²) in [5, 5.41) is 0. The number of carbonyl (C=O) groups is 1. The van der Waals surface area contributed by atoms with Crippen LogP contribution in [0.1, 0.15) is 18.9 Å². The molecule has 0 aliphatic carbocycles. The first kappa shape index (κ1) is 17.3. The van der Waals surface area contributed by atoms with Gasteiger partial charge in [-0.15, -0.1) is 0 Å². The van der Waals surface area contributed by atoms with Gasteiger partial charge in [0.2, 0.25) is 5.91 Å². The highest BCUT2D eigenvalue weighted by molar-refractivity contribution is 7.92. The molecule has 5 nitrogen and oxygen atoms in total. The maximum atomic E-state index is 13.8. The average Bonchev–Trinajstić information content (AvgIpc) is 2.55. The van der Waals surface area contributed by atoms with Crippen LogP contribution >= 0.6 is 0 Å². The summed E-state index contributed by atoms with van der Waals surface area (Å²) in [5.74, 6) is -1.96. The van der Waals surface area contributed by atoms with Gasteiger partial charge in [-0.25, -0.2) is 17.2 Å². The zero-order chi connectivity index (χ0) is 18.2. The Morgan fingerprint density at radius 1 is 1.16 bits per heavy atom. The van der Waals surface area contributed by atoms with Gasteiger partial charge in [0.1, 0.15) is 16.5 Å². The summed E-state index contributed by atoms with van der Waals surface area (Å²) in [6.45, 7) is 2.08. The van der Waals surface area contributed by atoms with E-state index in [9.17, 15) is 22.0 Å². The van der Waals surface area contributed by atoms with Crippen LogP contribution in [0.15, 0.2) is 41.3 Å². The number of nitrogens with one attached hydrogen (secondary N) is 1. The van der Waals surface area contributed by atoms with Gasteiger partial charge in [0.15, 0.2) is 0 Å². The molecular weight excluding hydrogens is 350 g/mol. The summed E-state index contributed by atoms with van der Waals surface area (Å²) in [4.78, 5) is 12.5. The molecule has 1 N–H and O–H groups in total. The van der Waals surface area contributed by atoms with Gasteiger partial charge in [-0.1, -0.05) is 0 Å². The Balaban J connectivity index is 1.93. The van der Waals surface area contributed by atoms with Crippen molar-refractivity contribution < 1.29 is 22.0 Å². The van der Waals surface area contributed by atoms with Crippen molar-refractivity contribution in [2.45, 2.75) is 24.7 Å². The average molecular weight is 366 g/mol. The molecule has 0 spiro atoms. The molecule has 0 saturated heterocycles. The number of carbonyl (C=O) groups excluding carboxylic acids is 1. The van der Waals surface area contributed by atoms with E-state index in [0.29, 0.717) is 19.0 Å². The van der Waals surface area contributed by atoms with Crippen molar-refractivity contribution >= 4 is 27.3 Å². The summed E-state index contributed by atoms with van der Waals surface area (Å²) >= 11 is 0. The van der Waals surface area contributed by atoms with Gasteiger partial charge < -0.3 is 4.90 Å². The molecule has 2 aromatic rings. The van der Waals surface area contributed by atoms with Crippen LogP contribution in [0, 0.1) is 11.6 Å². The van der Waals surface area contributed by atoms with Crippen LogP contribution in [0.3, 0.4) is 0 Å². The molecule has 1 heterocycles. The van der Waals surface area contributed by atoms with E-state index in [-0.39, 0.29) is 11.6 Å². The Labute approximate surface area is 144 Å². The van der Waals surface area contributed by atoms with Gasteiger partial charge in [0.25, 0.3) is 10.0 Å². The Bertz CT molecular complexity index is 945. The fraction of sp³-hybridized carbons (Fsp3) is 0.235. The standard InChI is InChI=1S/C17H16F2N2O3S/c1-11(22)21-8-2-3-12-9-14(5-7-16(12)21)20-25(23,24)17-10-13(18)4-6-15(17)19/h4-7,9-10,20H,2-3,8H2,1H3. The molecule has 0 aromatic heterocycles. The molecule has 132 valence electrons. The van der Waals surface area contributed by atoms with Crippen molar-refractivity contribution in [3.05, 3.63) is 53.6 Å². The number of aryl methyl sites for hydroxylation is 1. The van der Waals surface area contributed by atoms with Crippen molar-refractivity contribution in [2.24, 2.45) is 0 Å². The van der Waals surface area contributed by atoms with E-state index in [1.54, 1.807) is 17.0 Å². The zero-order valence-corrected chi connectivity index (χ0v) is 14.2. The fourth-order valence-electron chi connectivity index (χ4n) is 2.88. The third-order valence-electron chi connectivity index (χ3n) is 4.01. The molecular formula is C17H16F2N2O3S. The first-order valence-corrected chi connectivity index (χ1v) is 9.15. The Kier molecular flexibility index (Phi) is 4.47. The molecule has 0 atom stereocenters. The molecule has 8 heteroatoms. The van der Waals surface area contributed by atoms with Crippen LogP contribution in [-0.4, -0.2) is 20.9 Å². The highest BCUT2D eigenvalue weighted by Gasteiger charge is 2.23. The highest BCUT2D eigenvalue weighted by atomic mass is 32.2. The molecule has 25 heavy (non-hydrogen) atoms. The molecule has 0 saturated carbocycles. The van der Waals surface area contributed by atoms with Crippen LogP contribution in [0.25, 0.3) is 0 Å². The van der Waals surface area contributed by atoms with Crippen molar-refractivity contribution in [1.82, 2.24) is 0 Å². The van der Waals surface area contributed by atoms with Crippen LogP contribution < -0.4 is 9.62 Å². The minimum atomic E-state index is -4.27. The quantitative estimate of drug-likeness (QED) is 0.908. The second-order valence-corrected chi connectivity index (χ2v) is 7.45. The monoisotopic (exact) mass is 366 g/mol. The molecule has 1 aliphatic rings. The smallest absolute Gasteiger partial charge is 0.264 e. The molecule has 3 rings (SSSR count). The number of halogens is 2. The number of sulfonamides is 1. The summed E-state index contributed by atoms with van der Waals surface area (Å²) < 4.78 is 53.9. The van der Waals surface area contributed by atoms with Crippen LogP contribution in [0.4, 0.5) is 20.2 Å². The lowest BCUT2D eigenvalue weighted by Crippen LogP contribution is -2.33. The number of fused-ring (bicyclic) bond motifs is 1. The second kappa shape index (κ2) is 6.44. The lowest BCUT2D eigenvalue weighted by atomic mass is 10.0. The van der Waals surface area contributed by atoms with Crippen LogP contribution in [-0.2, 0) is 21.2 Å². The third kappa shape index (κ3) is 3.48. The van der Waals surface area contributed by atoms with Gasteiger partial charge in [-0.3, -0.25) is 9.52 Å². The maximum Gasteiger partial charge on any atom is 0.264 e. The van der Waals surface area contributed by atoms with Gasteiger partial charge in [-0.2, -0.15) is 0 Å². The van der Waals surface area contributed by atoms with E-state index in [1.165, 1.54) is 13.0 Å². The largest absolute Gasteiger partial charge is 0.312 e.